The molecule has 0 saturated carbocycles. The summed E-state index contributed by atoms with van der Waals surface area (Å²) < 4.78 is 22.9. The van der Waals surface area contributed by atoms with Crippen molar-refractivity contribution in [2.24, 2.45) is 5.14 Å². The Morgan fingerprint density at radius 3 is 2.46 bits per heavy atom. The number of carbonyl (C=O) groups is 2. The fraction of sp³-hybridized carbons (Fsp3) is 0.222. The van der Waals surface area contributed by atoms with E-state index in [2.05, 4.69) is 10.6 Å². The number of carbonyl (C=O) groups excluding carboxylic acids is 2. The monoisotopic (exact) mass is 441 g/mol. The van der Waals surface area contributed by atoms with Gasteiger partial charge in [0.25, 0.3) is 5.91 Å². The van der Waals surface area contributed by atoms with Crippen LogP contribution in [0.15, 0.2) is 53.4 Å². The molecule has 2 rings (SSSR count). The molecule has 0 aromatic heterocycles. The largest absolute Gasteiger partial charge is 0.340 e. The molecule has 0 aliphatic carbocycles. The van der Waals surface area contributed by atoms with E-state index in [-0.39, 0.29) is 10.6 Å². The molecule has 2 amide bonds. The number of hydrogen-bond acceptors (Lipinski definition) is 5. The second-order valence-electron chi connectivity index (χ2n) is 5.88. The molecule has 0 spiro atoms. The smallest absolute Gasteiger partial charge is 0.251 e. The Morgan fingerprint density at radius 1 is 1.18 bits per heavy atom. The van der Waals surface area contributed by atoms with Crippen molar-refractivity contribution in [1.82, 2.24) is 5.32 Å². The highest BCUT2D eigenvalue weighted by atomic mass is 35.5. The van der Waals surface area contributed by atoms with Gasteiger partial charge in [-0.1, -0.05) is 17.7 Å². The Hall–Kier alpha value is -2.07. The average Bonchev–Trinajstić information content (AvgIpc) is 2.65. The molecule has 0 radical (unpaired) electrons. The molecule has 0 aliphatic rings. The maximum Gasteiger partial charge on any atom is 0.251 e. The van der Waals surface area contributed by atoms with Crippen LogP contribution in [0.25, 0.3) is 0 Å². The maximum atomic E-state index is 12.7. The van der Waals surface area contributed by atoms with Crippen LogP contribution in [0.5, 0.6) is 0 Å². The van der Waals surface area contributed by atoms with Crippen molar-refractivity contribution >= 4 is 50.9 Å². The van der Waals surface area contributed by atoms with E-state index < -0.39 is 27.9 Å². The van der Waals surface area contributed by atoms with Crippen molar-refractivity contribution in [3.63, 3.8) is 0 Å². The third kappa shape index (κ3) is 6.52. The summed E-state index contributed by atoms with van der Waals surface area (Å²) in [5.74, 6) is -0.213. The van der Waals surface area contributed by atoms with E-state index in [9.17, 15) is 18.0 Å². The summed E-state index contributed by atoms with van der Waals surface area (Å²) in [6.07, 6.45) is 2.30. The van der Waals surface area contributed by atoms with Crippen LogP contribution in [-0.2, 0) is 14.8 Å². The maximum absolute atomic E-state index is 12.7. The van der Waals surface area contributed by atoms with Crippen LogP contribution in [0.2, 0.25) is 5.02 Å². The van der Waals surface area contributed by atoms with E-state index >= 15 is 0 Å². The molecular formula is C18H20ClN3O4S2. The minimum absolute atomic E-state index is 0.115. The first kappa shape index (κ1) is 22.2. The van der Waals surface area contributed by atoms with Gasteiger partial charge >= 0.3 is 0 Å². The minimum atomic E-state index is -3.89. The average molecular weight is 442 g/mol. The fourth-order valence-corrected chi connectivity index (χ4v) is 3.48. The highest BCUT2D eigenvalue weighted by molar-refractivity contribution is 7.98. The predicted molar refractivity (Wildman–Crippen MR) is 112 cm³/mol. The van der Waals surface area contributed by atoms with E-state index in [1.807, 2.05) is 6.26 Å². The summed E-state index contributed by atoms with van der Waals surface area (Å²) >= 11 is 7.37. The third-order valence-electron chi connectivity index (χ3n) is 3.77. The predicted octanol–water partition coefficient (Wildman–Crippen LogP) is 2.48. The van der Waals surface area contributed by atoms with E-state index in [4.69, 9.17) is 16.7 Å². The van der Waals surface area contributed by atoms with Gasteiger partial charge in [-0.2, -0.15) is 11.8 Å². The Kier molecular flexibility index (Phi) is 7.88. The van der Waals surface area contributed by atoms with E-state index in [1.54, 1.807) is 30.3 Å². The van der Waals surface area contributed by atoms with Crippen LogP contribution in [0.1, 0.15) is 16.8 Å². The zero-order chi connectivity index (χ0) is 20.7. The molecular weight excluding hydrogens is 422 g/mol. The lowest BCUT2D eigenvalue weighted by atomic mass is 10.1. The summed E-state index contributed by atoms with van der Waals surface area (Å²) in [5, 5.41) is 10.9. The number of benzene rings is 2. The standard InChI is InChI=1S/C18H20ClN3O4S2/c1-27-10-9-16(22-17(23)12-5-7-13(19)8-6-12)18(24)21-14-3-2-4-15(11-14)28(20,25)26/h2-8,11,16H,9-10H2,1H3,(H,21,24)(H,22,23)(H2,20,25,26)/t16-/m0/s1. The van der Waals surface area contributed by atoms with Gasteiger partial charge in [0.1, 0.15) is 6.04 Å². The lowest BCUT2D eigenvalue weighted by Gasteiger charge is -2.18. The van der Waals surface area contributed by atoms with Crippen molar-refractivity contribution < 1.29 is 18.0 Å². The Morgan fingerprint density at radius 2 is 1.86 bits per heavy atom. The first-order valence-corrected chi connectivity index (χ1v) is 11.5. The zero-order valence-corrected chi connectivity index (χ0v) is 17.4. The number of halogens is 1. The van der Waals surface area contributed by atoms with Crippen LogP contribution < -0.4 is 15.8 Å². The summed E-state index contributed by atoms with van der Waals surface area (Å²) in [4.78, 5) is 25.0. The van der Waals surface area contributed by atoms with Gasteiger partial charge in [0.05, 0.1) is 4.90 Å². The molecule has 150 valence electrons. The normalized spacial score (nSPS) is 12.2. The van der Waals surface area contributed by atoms with Crippen molar-refractivity contribution in [3.05, 3.63) is 59.1 Å². The van der Waals surface area contributed by atoms with Crippen molar-refractivity contribution in [2.75, 3.05) is 17.3 Å². The van der Waals surface area contributed by atoms with Crippen LogP contribution in [0, 0.1) is 0 Å². The SMILES string of the molecule is CSCC[C@H](NC(=O)c1ccc(Cl)cc1)C(=O)Nc1cccc(S(N)(=O)=O)c1. The van der Waals surface area contributed by atoms with Gasteiger partial charge in [0.15, 0.2) is 0 Å². The Labute approximate surface area is 173 Å². The number of sulfonamides is 1. The van der Waals surface area contributed by atoms with Gasteiger partial charge in [0, 0.05) is 16.3 Å². The molecule has 0 bridgehead atoms. The quantitative estimate of drug-likeness (QED) is 0.581. The minimum Gasteiger partial charge on any atom is -0.340 e. The number of anilines is 1. The number of rotatable bonds is 8. The van der Waals surface area contributed by atoms with Crippen LogP contribution in [0.4, 0.5) is 5.69 Å². The first-order chi connectivity index (χ1) is 13.2. The fourth-order valence-electron chi connectivity index (χ4n) is 2.33. The van der Waals surface area contributed by atoms with Crippen LogP contribution in [0.3, 0.4) is 0 Å². The lowest BCUT2D eigenvalue weighted by Crippen LogP contribution is -2.44. The summed E-state index contributed by atoms with van der Waals surface area (Å²) in [5.41, 5.74) is 0.647. The molecule has 1 atom stereocenters. The highest BCUT2D eigenvalue weighted by Gasteiger charge is 2.22. The molecule has 0 aliphatic heterocycles. The van der Waals surface area contributed by atoms with Crippen molar-refractivity contribution in [1.29, 1.82) is 0 Å². The number of hydrogen-bond donors (Lipinski definition) is 3. The second-order valence-corrected chi connectivity index (χ2v) is 8.86. The molecule has 4 N–H and O–H groups in total. The molecule has 28 heavy (non-hydrogen) atoms. The number of nitrogens with one attached hydrogen (secondary N) is 2. The molecule has 10 heteroatoms. The van der Waals surface area contributed by atoms with E-state index in [0.29, 0.717) is 22.8 Å². The number of nitrogens with two attached hydrogens (primary N) is 1. The molecule has 0 fully saturated rings. The highest BCUT2D eigenvalue weighted by Crippen LogP contribution is 2.15. The molecule has 2 aromatic carbocycles. The van der Waals surface area contributed by atoms with Gasteiger partial charge in [-0.3, -0.25) is 9.59 Å². The summed E-state index contributed by atoms with van der Waals surface area (Å²) in [7, 11) is -3.89. The van der Waals surface area contributed by atoms with Gasteiger partial charge in [-0.15, -0.1) is 0 Å². The van der Waals surface area contributed by atoms with Gasteiger partial charge < -0.3 is 10.6 Å². The molecule has 0 saturated heterocycles. The van der Waals surface area contributed by atoms with Gasteiger partial charge in [-0.05, 0) is 60.9 Å². The third-order valence-corrected chi connectivity index (χ3v) is 5.58. The second kappa shape index (κ2) is 9.92. The Balaban J connectivity index is 2.14. The molecule has 2 aromatic rings. The zero-order valence-electron chi connectivity index (χ0n) is 15.0. The molecule has 0 heterocycles. The van der Waals surface area contributed by atoms with Gasteiger partial charge in [-0.25, -0.2) is 13.6 Å². The van der Waals surface area contributed by atoms with Gasteiger partial charge in [0.2, 0.25) is 15.9 Å². The number of amides is 2. The van der Waals surface area contributed by atoms with Crippen LogP contribution >= 0.6 is 23.4 Å². The van der Waals surface area contributed by atoms with E-state index in [0.717, 1.165) is 0 Å². The van der Waals surface area contributed by atoms with Crippen LogP contribution in [-0.4, -0.2) is 38.3 Å². The first-order valence-electron chi connectivity index (χ1n) is 8.20. The summed E-state index contributed by atoms with van der Waals surface area (Å²) in [6, 6.07) is 11.1. The topological polar surface area (TPSA) is 118 Å². The Bertz CT molecular complexity index is 950. The van der Waals surface area contributed by atoms with E-state index in [1.165, 1.54) is 30.0 Å². The number of thioether (sulfide) groups is 1. The summed E-state index contributed by atoms with van der Waals surface area (Å²) in [6.45, 7) is 0. The lowest BCUT2D eigenvalue weighted by molar-refractivity contribution is -0.118. The molecule has 0 unspecified atom stereocenters. The molecule has 7 nitrogen and oxygen atoms in total. The van der Waals surface area contributed by atoms with Crippen molar-refractivity contribution in [3.8, 4) is 0 Å². The van der Waals surface area contributed by atoms with Crippen molar-refractivity contribution in [2.45, 2.75) is 17.4 Å². The number of primary sulfonamides is 1.